The molecule has 0 fully saturated rings. The minimum atomic E-state index is -4.60. The molecule has 0 spiro atoms. The molecule has 4 aromatic rings. The van der Waals surface area contributed by atoms with Gasteiger partial charge < -0.3 is 14.2 Å². The maximum absolute atomic E-state index is 13.8. The van der Waals surface area contributed by atoms with Gasteiger partial charge in [0.1, 0.15) is 18.1 Å². The number of anilines is 1. The molecular formula is C27H29ClF3N7O2Si. The number of benzene rings is 1. The van der Waals surface area contributed by atoms with Crippen LogP contribution in [-0.2, 0) is 17.6 Å². The summed E-state index contributed by atoms with van der Waals surface area (Å²) in [6, 6.07) is 4.05. The first kappa shape index (κ1) is 29.0. The van der Waals surface area contributed by atoms with E-state index in [-0.39, 0.29) is 30.7 Å². The van der Waals surface area contributed by atoms with Crippen LogP contribution in [0.15, 0.2) is 49.2 Å². The van der Waals surface area contributed by atoms with Crippen molar-refractivity contribution in [3.8, 4) is 22.8 Å². The summed E-state index contributed by atoms with van der Waals surface area (Å²) in [5.74, 6) is 0.0946. The molecule has 1 aliphatic heterocycles. The number of imidazole rings is 1. The molecule has 4 heterocycles. The van der Waals surface area contributed by atoms with Crippen molar-refractivity contribution in [1.29, 1.82) is 0 Å². The van der Waals surface area contributed by atoms with Gasteiger partial charge in [-0.2, -0.15) is 18.3 Å². The van der Waals surface area contributed by atoms with Gasteiger partial charge in [0.15, 0.2) is 5.82 Å². The van der Waals surface area contributed by atoms with Gasteiger partial charge in [0, 0.05) is 45.5 Å². The molecule has 0 saturated carbocycles. The van der Waals surface area contributed by atoms with Gasteiger partial charge in [-0.05, 0) is 31.2 Å². The van der Waals surface area contributed by atoms with Crippen molar-refractivity contribution >= 4 is 31.3 Å². The molecule has 14 heteroatoms. The minimum Gasteiger partial charge on any atom is -0.361 e. The second kappa shape index (κ2) is 11.0. The molecule has 0 saturated heterocycles. The van der Waals surface area contributed by atoms with Crippen LogP contribution in [0.3, 0.4) is 0 Å². The van der Waals surface area contributed by atoms with Crippen LogP contribution in [0, 0.1) is 0 Å². The number of hydrogen-bond donors (Lipinski definition) is 0. The lowest BCUT2D eigenvalue weighted by Crippen LogP contribution is -2.42. The van der Waals surface area contributed by atoms with E-state index in [1.807, 2.05) is 11.5 Å². The zero-order chi connectivity index (χ0) is 29.5. The topological polar surface area (TPSA) is 91.0 Å². The van der Waals surface area contributed by atoms with Crippen molar-refractivity contribution in [1.82, 2.24) is 29.3 Å². The first-order valence-corrected chi connectivity index (χ1v) is 17.1. The highest BCUT2D eigenvalue weighted by Crippen LogP contribution is 2.38. The quantitative estimate of drug-likeness (QED) is 0.171. The first-order chi connectivity index (χ1) is 19.3. The fourth-order valence-electron chi connectivity index (χ4n) is 4.58. The van der Waals surface area contributed by atoms with Crippen LogP contribution in [0.5, 0.6) is 0 Å². The van der Waals surface area contributed by atoms with Crippen molar-refractivity contribution in [2.75, 3.05) is 18.1 Å². The van der Waals surface area contributed by atoms with Crippen molar-refractivity contribution in [2.45, 2.75) is 51.6 Å². The maximum atomic E-state index is 13.8. The number of halogens is 4. The van der Waals surface area contributed by atoms with E-state index >= 15 is 0 Å². The van der Waals surface area contributed by atoms with Crippen molar-refractivity contribution in [3.05, 3.63) is 65.5 Å². The number of ether oxygens (including phenoxy) is 1. The highest BCUT2D eigenvalue weighted by atomic mass is 35.5. The Balaban J connectivity index is 1.50. The van der Waals surface area contributed by atoms with E-state index in [1.165, 1.54) is 17.0 Å². The molecule has 0 aliphatic carbocycles. The standard InChI is InChI=1S/C27H29ClF3N7O2Si/c1-17-14-37(18-5-6-20(21(28)11-18)27(29,30)31)26(39)24-19(12-34-38(17)24)23-15-36(16-40-9-10-41(2,3)4)25(35-23)22-13-32-7-8-33-22/h5-8,11-13,15,17H,9-10,14,16H2,1-4H3/t17-/m0/s1. The van der Waals surface area contributed by atoms with E-state index in [1.54, 1.807) is 35.7 Å². The number of alkyl halides is 3. The molecule has 0 bridgehead atoms. The smallest absolute Gasteiger partial charge is 0.361 e. The maximum Gasteiger partial charge on any atom is 0.417 e. The summed E-state index contributed by atoms with van der Waals surface area (Å²) in [4.78, 5) is 28.5. The predicted octanol–water partition coefficient (Wildman–Crippen LogP) is 6.41. The summed E-state index contributed by atoms with van der Waals surface area (Å²) in [7, 11) is -1.28. The van der Waals surface area contributed by atoms with Gasteiger partial charge in [-0.15, -0.1) is 0 Å². The lowest BCUT2D eigenvalue weighted by molar-refractivity contribution is -0.137. The highest BCUT2D eigenvalue weighted by molar-refractivity contribution is 6.76. The average Bonchev–Trinajstić information content (AvgIpc) is 3.53. The molecule has 5 rings (SSSR count). The number of fused-ring (bicyclic) bond motifs is 1. The van der Waals surface area contributed by atoms with Crippen LogP contribution in [0.4, 0.5) is 18.9 Å². The normalized spacial score (nSPS) is 15.9. The zero-order valence-corrected chi connectivity index (χ0v) is 24.7. The Morgan fingerprint density at radius 2 is 1.93 bits per heavy atom. The molecule has 0 radical (unpaired) electrons. The summed E-state index contributed by atoms with van der Waals surface area (Å²) in [6.45, 7) is 9.75. The molecule has 9 nitrogen and oxygen atoms in total. The molecule has 3 aromatic heterocycles. The number of rotatable bonds is 8. The number of aromatic nitrogens is 6. The Morgan fingerprint density at radius 1 is 1.15 bits per heavy atom. The summed E-state index contributed by atoms with van der Waals surface area (Å²) in [5.41, 5.74) is 1.08. The molecule has 1 atom stereocenters. The highest BCUT2D eigenvalue weighted by Gasteiger charge is 2.37. The van der Waals surface area contributed by atoms with Gasteiger partial charge in [0.05, 0.1) is 40.3 Å². The molecule has 0 unspecified atom stereocenters. The van der Waals surface area contributed by atoms with Gasteiger partial charge in [0.2, 0.25) is 0 Å². The molecule has 1 aromatic carbocycles. The van der Waals surface area contributed by atoms with Crippen molar-refractivity contribution < 1.29 is 22.7 Å². The van der Waals surface area contributed by atoms with Crippen LogP contribution in [0.1, 0.15) is 29.0 Å². The van der Waals surface area contributed by atoms with Crippen LogP contribution in [0.2, 0.25) is 30.7 Å². The number of nitrogens with zero attached hydrogens (tertiary/aromatic N) is 7. The largest absolute Gasteiger partial charge is 0.417 e. The van der Waals surface area contributed by atoms with Gasteiger partial charge >= 0.3 is 6.18 Å². The van der Waals surface area contributed by atoms with E-state index in [0.29, 0.717) is 29.4 Å². The lowest BCUT2D eigenvalue weighted by Gasteiger charge is -2.32. The van der Waals surface area contributed by atoms with Gasteiger partial charge in [-0.1, -0.05) is 31.2 Å². The monoisotopic (exact) mass is 603 g/mol. The summed E-state index contributed by atoms with van der Waals surface area (Å²) in [6.07, 6.45) is 3.49. The molecule has 1 amide bonds. The van der Waals surface area contributed by atoms with Crippen LogP contribution in [-0.4, -0.2) is 56.4 Å². The molecule has 1 aliphatic rings. The molecule has 0 N–H and O–H groups in total. The number of carbonyl (C=O) groups is 1. The minimum absolute atomic E-state index is 0.207. The van der Waals surface area contributed by atoms with Crippen molar-refractivity contribution in [2.24, 2.45) is 0 Å². The summed E-state index contributed by atoms with van der Waals surface area (Å²) in [5, 5.41) is 3.99. The SMILES string of the molecule is C[C@H]1CN(c2ccc(C(F)(F)F)c(Cl)c2)C(=O)c2c(-c3cn(COCC[Si](C)(C)C)c(-c4cnccn4)n3)cnn21. The predicted molar refractivity (Wildman–Crippen MR) is 151 cm³/mol. The average molecular weight is 604 g/mol. The second-order valence-corrected chi connectivity index (χ2v) is 17.2. The van der Waals surface area contributed by atoms with E-state index in [9.17, 15) is 18.0 Å². The van der Waals surface area contributed by atoms with Crippen LogP contribution < -0.4 is 4.90 Å². The first-order valence-electron chi connectivity index (χ1n) is 13.0. The lowest BCUT2D eigenvalue weighted by atomic mass is 10.1. The summed E-state index contributed by atoms with van der Waals surface area (Å²) < 4.78 is 49.2. The van der Waals surface area contributed by atoms with E-state index in [2.05, 4.69) is 34.7 Å². The van der Waals surface area contributed by atoms with Gasteiger partial charge in [-0.25, -0.2) is 9.97 Å². The molecule has 216 valence electrons. The fraction of sp³-hybridized carbons (Fsp3) is 0.370. The molecular weight excluding hydrogens is 575 g/mol. The Bertz CT molecular complexity index is 1570. The number of hydrogen-bond acceptors (Lipinski definition) is 6. The number of amides is 1. The molecule has 41 heavy (non-hydrogen) atoms. The van der Waals surface area contributed by atoms with E-state index in [4.69, 9.17) is 21.3 Å². The number of carbonyl (C=O) groups excluding carboxylic acids is 1. The third kappa shape index (κ3) is 6.06. The van der Waals surface area contributed by atoms with Crippen molar-refractivity contribution in [3.63, 3.8) is 0 Å². The Morgan fingerprint density at radius 3 is 2.59 bits per heavy atom. The Hall–Kier alpha value is -3.55. The van der Waals surface area contributed by atoms with E-state index in [0.717, 1.165) is 12.1 Å². The van der Waals surface area contributed by atoms with Gasteiger partial charge in [0.25, 0.3) is 5.91 Å². The van der Waals surface area contributed by atoms with E-state index < -0.39 is 30.7 Å². The zero-order valence-electron chi connectivity index (χ0n) is 23.0. The van der Waals surface area contributed by atoms with Crippen LogP contribution in [0.25, 0.3) is 22.8 Å². The van der Waals surface area contributed by atoms with Gasteiger partial charge in [-0.3, -0.25) is 14.5 Å². The second-order valence-electron chi connectivity index (χ2n) is 11.1. The Kier molecular flexibility index (Phi) is 7.79. The Labute approximate surface area is 241 Å². The fourth-order valence-corrected chi connectivity index (χ4v) is 5.62. The third-order valence-electron chi connectivity index (χ3n) is 6.75. The summed E-state index contributed by atoms with van der Waals surface area (Å²) >= 11 is 5.97. The van der Waals surface area contributed by atoms with Crippen LogP contribution >= 0.6 is 11.6 Å². The third-order valence-corrected chi connectivity index (χ3v) is 8.77.